The Morgan fingerprint density at radius 3 is 2.65 bits per heavy atom. The molecule has 0 radical (unpaired) electrons. The van der Waals surface area contributed by atoms with Gasteiger partial charge in [0.2, 0.25) is 0 Å². The molecule has 0 saturated carbocycles. The van der Waals surface area contributed by atoms with Crippen LogP contribution in [0.4, 0.5) is 5.00 Å². The van der Waals surface area contributed by atoms with E-state index >= 15 is 0 Å². The highest BCUT2D eigenvalue weighted by atomic mass is 35.5. The van der Waals surface area contributed by atoms with Crippen molar-refractivity contribution >= 4 is 45.4 Å². The van der Waals surface area contributed by atoms with Gasteiger partial charge >= 0.3 is 0 Å². The number of nitriles is 1. The molecule has 8 heteroatoms. The fourth-order valence-corrected chi connectivity index (χ4v) is 4.13. The number of hydrogen-bond donors (Lipinski definition) is 2. The lowest BCUT2D eigenvalue weighted by Crippen LogP contribution is -2.50. The van der Waals surface area contributed by atoms with Gasteiger partial charge in [0.05, 0.1) is 11.7 Å². The second-order valence-corrected chi connectivity index (χ2v) is 6.99. The maximum atomic E-state index is 11.8. The first-order valence-electron chi connectivity index (χ1n) is 6.67. The van der Waals surface area contributed by atoms with Crippen LogP contribution in [0.5, 0.6) is 0 Å². The highest BCUT2D eigenvalue weighted by molar-refractivity contribution is 7.19. The molecular formula is C15H11Cl2N3O2S. The van der Waals surface area contributed by atoms with Crippen LogP contribution in [0.1, 0.15) is 15.2 Å². The standard InChI is InChI=1S/C15H11Cl2N3O2S/c16-7-1-2-9(11(17)3-7)12-10(4-18)15(20-5-8(21)6-20)23-13(12)14(19)22/h1-3,8,21H,5-6H2,(H2,19,22). The number of nitrogens with two attached hydrogens (primary N) is 1. The van der Waals surface area contributed by atoms with E-state index in [4.69, 9.17) is 28.9 Å². The predicted octanol–water partition coefficient (Wildman–Crippen LogP) is 2.87. The third kappa shape index (κ3) is 2.77. The van der Waals surface area contributed by atoms with Gasteiger partial charge in [-0.3, -0.25) is 4.79 Å². The number of hydrogen-bond acceptors (Lipinski definition) is 5. The fourth-order valence-electron chi connectivity index (χ4n) is 2.49. The number of aliphatic hydroxyl groups excluding tert-OH is 1. The molecule has 1 aromatic carbocycles. The van der Waals surface area contributed by atoms with Crippen molar-refractivity contribution in [1.29, 1.82) is 5.26 Å². The van der Waals surface area contributed by atoms with Crippen molar-refractivity contribution in [2.24, 2.45) is 5.73 Å². The summed E-state index contributed by atoms with van der Waals surface area (Å²) in [6.45, 7) is 0.836. The van der Waals surface area contributed by atoms with Crippen LogP contribution >= 0.6 is 34.5 Å². The highest BCUT2D eigenvalue weighted by Crippen LogP contribution is 2.45. The van der Waals surface area contributed by atoms with E-state index in [0.717, 1.165) is 11.3 Å². The summed E-state index contributed by atoms with van der Waals surface area (Å²) in [5.41, 5.74) is 6.77. The van der Waals surface area contributed by atoms with Crippen molar-refractivity contribution in [1.82, 2.24) is 0 Å². The van der Waals surface area contributed by atoms with E-state index in [1.165, 1.54) is 0 Å². The van der Waals surface area contributed by atoms with E-state index in [1.54, 1.807) is 18.2 Å². The van der Waals surface area contributed by atoms with Gasteiger partial charge in [-0.1, -0.05) is 29.3 Å². The lowest BCUT2D eigenvalue weighted by molar-refractivity contribution is 0.100. The van der Waals surface area contributed by atoms with E-state index in [9.17, 15) is 15.2 Å². The number of primary amides is 1. The van der Waals surface area contributed by atoms with Gasteiger partial charge < -0.3 is 15.7 Å². The summed E-state index contributed by atoms with van der Waals surface area (Å²) in [5, 5.41) is 20.5. The molecule has 1 aliphatic heterocycles. The van der Waals surface area contributed by atoms with Gasteiger partial charge in [-0.2, -0.15) is 5.26 Å². The minimum atomic E-state index is -0.625. The molecule has 3 rings (SSSR count). The second kappa shape index (κ2) is 6.02. The lowest BCUT2D eigenvalue weighted by atomic mass is 10.0. The molecule has 0 unspecified atom stereocenters. The first kappa shape index (κ1) is 16.1. The molecule has 1 fully saturated rings. The molecule has 2 heterocycles. The number of nitrogens with zero attached hydrogens (tertiary/aromatic N) is 2. The Bertz CT molecular complexity index is 838. The molecular weight excluding hydrogens is 357 g/mol. The van der Waals surface area contributed by atoms with Crippen LogP contribution in [-0.4, -0.2) is 30.2 Å². The Balaban J connectivity index is 2.22. The van der Waals surface area contributed by atoms with Crippen molar-refractivity contribution in [3.63, 3.8) is 0 Å². The number of carbonyl (C=O) groups excluding carboxylic acids is 1. The van der Waals surface area contributed by atoms with Crippen LogP contribution in [0.2, 0.25) is 10.0 Å². The van der Waals surface area contributed by atoms with E-state index in [1.807, 2.05) is 4.90 Å². The molecule has 1 aliphatic rings. The molecule has 1 saturated heterocycles. The van der Waals surface area contributed by atoms with Gasteiger partial charge in [0.1, 0.15) is 15.9 Å². The Labute approximate surface area is 146 Å². The molecule has 5 nitrogen and oxygen atoms in total. The Hall–Kier alpha value is -1.78. The Morgan fingerprint density at radius 2 is 2.13 bits per heavy atom. The molecule has 0 atom stereocenters. The monoisotopic (exact) mass is 367 g/mol. The second-order valence-electron chi connectivity index (χ2n) is 5.15. The van der Waals surface area contributed by atoms with E-state index in [-0.39, 0.29) is 4.88 Å². The molecule has 0 aliphatic carbocycles. The largest absolute Gasteiger partial charge is 0.389 e. The highest BCUT2D eigenvalue weighted by Gasteiger charge is 2.32. The van der Waals surface area contributed by atoms with Crippen molar-refractivity contribution in [3.05, 3.63) is 38.7 Å². The molecule has 118 valence electrons. The van der Waals surface area contributed by atoms with Crippen molar-refractivity contribution in [2.45, 2.75) is 6.10 Å². The normalized spacial score (nSPS) is 14.4. The maximum Gasteiger partial charge on any atom is 0.259 e. The van der Waals surface area contributed by atoms with Crippen LogP contribution in [0, 0.1) is 11.3 Å². The zero-order chi connectivity index (χ0) is 16.7. The zero-order valence-corrected chi connectivity index (χ0v) is 14.0. The molecule has 0 spiro atoms. The molecule has 1 aromatic heterocycles. The van der Waals surface area contributed by atoms with Crippen LogP contribution in [0.3, 0.4) is 0 Å². The van der Waals surface area contributed by atoms with E-state index < -0.39 is 12.0 Å². The predicted molar refractivity (Wildman–Crippen MR) is 91.2 cm³/mol. The SMILES string of the molecule is N#Cc1c(N2CC(O)C2)sc(C(N)=O)c1-c1ccc(Cl)cc1Cl. The number of amides is 1. The fraction of sp³-hybridized carbons (Fsp3) is 0.200. The van der Waals surface area contributed by atoms with Gasteiger partial charge in [-0.05, 0) is 12.1 Å². The minimum Gasteiger partial charge on any atom is -0.389 e. The van der Waals surface area contributed by atoms with Crippen LogP contribution in [-0.2, 0) is 0 Å². The summed E-state index contributed by atoms with van der Waals surface area (Å²) in [7, 11) is 0. The lowest BCUT2D eigenvalue weighted by Gasteiger charge is -2.36. The third-order valence-electron chi connectivity index (χ3n) is 3.58. The summed E-state index contributed by atoms with van der Waals surface area (Å²) in [6.07, 6.45) is -0.428. The van der Waals surface area contributed by atoms with Crippen LogP contribution in [0.15, 0.2) is 18.2 Å². The number of aliphatic hydroxyl groups is 1. The van der Waals surface area contributed by atoms with Crippen LogP contribution < -0.4 is 10.6 Å². The average molecular weight is 368 g/mol. The van der Waals surface area contributed by atoms with Crippen molar-refractivity contribution < 1.29 is 9.90 Å². The molecule has 1 amide bonds. The summed E-state index contributed by atoms with van der Waals surface area (Å²) < 4.78 is 0. The number of β-amino-alcohol motifs (C(OH)–C–C–N with tert-alkyl or cyclic N) is 1. The van der Waals surface area contributed by atoms with Gasteiger partial charge in [0, 0.05) is 34.3 Å². The Morgan fingerprint density at radius 1 is 1.43 bits per heavy atom. The first-order chi connectivity index (χ1) is 10.9. The Kier molecular flexibility index (Phi) is 4.21. The number of benzene rings is 1. The van der Waals surface area contributed by atoms with E-state index in [0.29, 0.717) is 44.8 Å². The van der Waals surface area contributed by atoms with E-state index in [2.05, 4.69) is 6.07 Å². The molecule has 23 heavy (non-hydrogen) atoms. The topological polar surface area (TPSA) is 90.3 Å². The van der Waals surface area contributed by atoms with Crippen molar-refractivity contribution in [2.75, 3.05) is 18.0 Å². The number of anilines is 1. The molecule has 0 bridgehead atoms. The quantitative estimate of drug-likeness (QED) is 0.872. The molecule has 3 N–H and O–H groups in total. The number of carbonyl (C=O) groups is 1. The van der Waals surface area contributed by atoms with Gasteiger partial charge in [-0.25, -0.2) is 0 Å². The first-order valence-corrected chi connectivity index (χ1v) is 8.24. The minimum absolute atomic E-state index is 0.266. The smallest absolute Gasteiger partial charge is 0.259 e. The number of rotatable bonds is 3. The third-order valence-corrected chi connectivity index (χ3v) is 5.39. The van der Waals surface area contributed by atoms with Crippen LogP contribution in [0.25, 0.3) is 11.1 Å². The zero-order valence-electron chi connectivity index (χ0n) is 11.7. The summed E-state index contributed by atoms with van der Waals surface area (Å²) in [4.78, 5) is 13.9. The molecule has 2 aromatic rings. The summed E-state index contributed by atoms with van der Waals surface area (Å²) in [5.74, 6) is -0.625. The average Bonchev–Trinajstić information content (AvgIpc) is 2.83. The summed E-state index contributed by atoms with van der Waals surface area (Å²) >= 11 is 13.3. The summed E-state index contributed by atoms with van der Waals surface area (Å²) in [6, 6.07) is 6.98. The van der Waals surface area contributed by atoms with Crippen molar-refractivity contribution in [3.8, 4) is 17.2 Å². The van der Waals surface area contributed by atoms with Gasteiger partial charge in [0.15, 0.2) is 0 Å². The number of halogens is 2. The number of thiophene rings is 1. The van der Waals surface area contributed by atoms with Gasteiger partial charge in [-0.15, -0.1) is 11.3 Å². The maximum absolute atomic E-state index is 11.8. The van der Waals surface area contributed by atoms with Gasteiger partial charge in [0.25, 0.3) is 5.91 Å².